The van der Waals surface area contributed by atoms with E-state index in [1.54, 1.807) is 0 Å². The van der Waals surface area contributed by atoms with Gasteiger partial charge in [-0.1, -0.05) is 11.6 Å². The minimum atomic E-state index is 0.432. The Kier molecular flexibility index (Phi) is 3.76. The lowest BCUT2D eigenvalue weighted by Crippen LogP contribution is -2.30. The molecule has 98 valence electrons. The summed E-state index contributed by atoms with van der Waals surface area (Å²) >= 11 is 6.14. The molecule has 2 fully saturated rings. The summed E-state index contributed by atoms with van der Waals surface area (Å²) in [5, 5.41) is 4.28. The molecule has 1 aliphatic carbocycles. The van der Waals surface area contributed by atoms with Gasteiger partial charge in [-0.2, -0.15) is 0 Å². The molecule has 1 atom stereocenters. The van der Waals surface area contributed by atoms with E-state index in [4.69, 9.17) is 16.3 Å². The summed E-state index contributed by atoms with van der Waals surface area (Å²) in [6, 6.07) is 6.08. The maximum Gasteiger partial charge on any atom is 0.123 e. The molecule has 2 nitrogen and oxygen atoms in total. The van der Waals surface area contributed by atoms with Gasteiger partial charge in [-0.25, -0.2) is 0 Å². The molecular formula is C15H20ClNO. The van der Waals surface area contributed by atoms with E-state index in [1.165, 1.54) is 37.7 Å². The fourth-order valence-corrected chi connectivity index (χ4v) is 2.91. The van der Waals surface area contributed by atoms with Crippen LogP contribution in [0.1, 0.15) is 43.6 Å². The van der Waals surface area contributed by atoms with Crippen LogP contribution in [-0.2, 0) is 0 Å². The zero-order valence-corrected chi connectivity index (χ0v) is 11.4. The van der Waals surface area contributed by atoms with E-state index in [0.717, 1.165) is 23.9 Å². The molecule has 0 radical (unpaired) electrons. The van der Waals surface area contributed by atoms with Crippen molar-refractivity contribution in [1.82, 2.24) is 5.32 Å². The summed E-state index contributed by atoms with van der Waals surface area (Å²) in [4.78, 5) is 0. The lowest BCUT2D eigenvalue weighted by molar-refractivity contribution is 0.118. The number of ether oxygens (including phenoxy) is 1. The zero-order valence-electron chi connectivity index (χ0n) is 10.6. The molecule has 1 aromatic rings. The van der Waals surface area contributed by atoms with E-state index in [0.29, 0.717) is 12.0 Å². The Labute approximate surface area is 114 Å². The highest BCUT2D eigenvalue weighted by Gasteiger charge is 2.24. The van der Waals surface area contributed by atoms with Crippen LogP contribution >= 0.6 is 11.6 Å². The molecule has 1 heterocycles. The van der Waals surface area contributed by atoms with Gasteiger partial charge < -0.3 is 10.1 Å². The van der Waals surface area contributed by atoms with Gasteiger partial charge in [0.25, 0.3) is 0 Å². The van der Waals surface area contributed by atoms with Crippen LogP contribution in [0.2, 0.25) is 5.02 Å². The van der Waals surface area contributed by atoms with Gasteiger partial charge in [0.1, 0.15) is 5.75 Å². The lowest BCUT2D eigenvalue weighted by atomic mass is 9.90. The van der Waals surface area contributed by atoms with Crippen molar-refractivity contribution in [3.05, 3.63) is 28.8 Å². The Bertz CT molecular complexity index is 411. The van der Waals surface area contributed by atoms with Crippen molar-refractivity contribution in [2.75, 3.05) is 13.1 Å². The van der Waals surface area contributed by atoms with Gasteiger partial charge >= 0.3 is 0 Å². The van der Waals surface area contributed by atoms with Crippen LogP contribution in [0.5, 0.6) is 5.75 Å². The van der Waals surface area contributed by atoms with Crippen LogP contribution in [0, 0.1) is 0 Å². The second kappa shape index (κ2) is 5.50. The second-order valence-electron chi connectivity index (χ2n) is 5.40. The number of halogens is 1. The van der Waals surface area contributed by atoms with Crippen molar-refractivity contribution in [1.29, 1.82) is 0 Å². The Hall–Kier alpha value is -0.730. The minimum absolute atomic E-state index is 0.432. The van der Waals surface area contributed by atoms with Gasteiger partial charge in [-0.05, 0) is 62.4 Å². The second-order valence-corrected chi connectivity index (χ2v) is 5.83. The quantitative estimate of drug-likeness (QED) is 0.899. The first-order valence-corrected chi connectivity index (χ1v) is 7.37. The Balaban J connectivity index is 1.81. The number of hydrogen-bond acceptors (Lipinski definition) is 2. The number of rotatable bonds is 3. The van der Waals surface area contributed by atoms with Gasteiger partial charge in [0.15, 0.2) is 0 Å². The smallest absolute Gasteiger partial charge is 0.123 e. The number of hydrogen-bond donors (Lipinski definition) is 1. The van der Waals surface area contributed by atoms with Crippen molar-refractivity contribution in [3.63, 3.8) is 0 Å². The average Bonchev–Trinajstić information content (AvgIpc) is 2.36. The summed E-state index contributed by atoms with van der Waals surface area (Å²) in [5.41, 5.74) is 1.29. The van der Waals surface area contributed by atoms with Gasteiger partial charge in [-0.15, -0.1) is 0 Å². The van der Waals surface area contributed by atoms with Crippen LogP contribution < -0.4 is 10.1 Å². The molecule has 1 N–H and O–H groups in total. The van der Waals surface area contributed by atoms with Crippen molar-refractivity contribution in [2.24, 2.45) is 0 Å². The number of nitrogens with one attached hydrogen (secondary N) is 1. The maximum atomic E-state index is 6.14. The highest BCUT2D eigenvalue weighted by atomic mass is 35.5. The first-order chi connectivity index (χ1) is 8.83. The van der Waals surface area contributed by atoms with Gasteiger partial charge in [0, 0.05) is 17.5 Å². The average molecular weight is 266 g/mol. The molecule has 1 saturated carbocycles. The molecule has 1 saturated heterocycles. The highest BCUT2D eigenvalue weighted by Crippen LogP contribution is 2.35. The molecule has 0 aromatic heterocycles. The first kappa shape index (κ1) is 12.3. The van der Waals surface area contributed by atoms with Gasteiger partial charge in [0.05, 0.1) is 6.10 Å². The van der Waals surface area contributed by atoms with Crippen molar-refractivity contribution in [3.8, 4) is 5.75 Å². The van der Waals surface area contributed by atoms with Crippen LogP contribution in [0.4, 0.5) is 0 Å². The molecule has 0 spiro atoms. The standard InChI is InChI=1S/C15H20ClNO/c16-12-6-7-15(18-13-4-1-5-13)14(9-12)11-3-2-8-17-10-11/h6-7,9,11,13,17H,1-5,8,10H2. The molecule has 2 aliphatic rings. The lowest BCUT2D eigenvalue weighted by Gasteiger charge is -2.30. The summed E-state index contributed by atoms with van der Waals surface area (Å²) in [6.07, 6.45) is 6.60. The Morgan fingerprint density at radius 2 is 2.06 bits per heavy atom. The van der Waals surface area contributed by atoms with Crippen molar-refractivity contribution < 1.29 is 4.74 Å². The molecule has 1 aliphatic heterocycles. The normalized spacial score (nSPS) is 24.6. The van der Waals surface area contributed by atoms with E-state index >= 15 is 0 Å². The minimum Gasteiger partial charge on any atom is -0.490 e. The summed E-state index contributed by atoms with van der Waals surface area (Å²) in [7, 11) is 0. The number of benzene rings is 1. The van der Waals surface area contributed by atoms with E-state index in [1.807, 2.05) is 12.1 Å². The van der Waals surface area contributed by atoms with E-state index in [-0.39, 0.29) is 0 Å². The fourth-order valence-electron chi connectivity index (χ4n) is 2.73. The Morgan fingerprint density at radius 1 is 1.17 bits per heavy atom. The van der Waals surface area contributed by atoms with E-state index < -0.39 is 0 Å². The van der Waals surface area contributed by atoms with Gasteiger partial charge in [-0.3, -0.25) is 0 Å². The molecule has 3 rings (SSSR count). The fraction of sp³-hybridized carbons (Fsp3) is 0.600. The molecule has 1 unspecified atom stereocenters. The molecule has 18 heavy (non-hydrogen) atoms. The van der Waals surface area contributed by atoms with Crippen LogP contribution in [-0.4, -0.2) is 19.2 Å². The monoisotopic (exact) mass is 265 g/mol. The topological polar surface area (TPSA) is 21.3 Å². The van der Waals surface area contributed by atoms with Gasteiger partial charge in [0.2, 0.25) is 0 Å². The molecule has 1 aromatic carbocycles. The third kappa shape index (κ3) is 2.65. The SMILES string of the molecule is Clc1ccc(OC2CCC2)c(C2CCCNC2)c1. The summed E-state index contributed by atoms with van der Waals surface area (Å²) < 4.78 is 6.10. The van der Waals surface area contributed by atoms with E-state index in [2.05, 4.69) is 11.4 Å². The molecule has 0 amide bonds. The van der Waals surface area contributed by atoms with Crippen LogP contribution in [0.3, 0.4) is 0 Å². The molecular weight excluding hydrogens is 246 g/mol. The summed E-state index contributed by atoms with van der Waals surface area (Å²) in [5.74, 6) is 1.60. The summed E-state index contributed by atoms with van der Waals surface area (Å²) in [6.45, 7) is 2.18. The predicted molar refractivity (Wildman–Crippen MR) is 74.6 cm³/mol. The van der Waals surface area contributed by atoms with Crippen LogP contribution in [0.25, 0.3) is 0 Å². The highest BCUT2D eigenvalue weighted by molar-refractivity contribution is 6.30. The third-order valence-corrected chi connectivity index (χ3v) is 4.29. The first-order valence-electron chi connectivity index (χ1n) is 7.00. The maximum absolute atomic E-state index is 6.14. The Morgan fingerprint density at radius 3 is 2.72 bits per heavy atom. The molecule has 0 bridgehead atoms. The molecule has 3 heteroatoms. The largest absolute Gasteiger partial charge is 0.490 e. The zero-order chi connectivity index (χ0) is 12.4. The predicted octanol–water partition coefficient (Wildman–Crippen LogP) is 3.74. The van der Waals surface area contributed by atoms with E-state index in [9.17, 15) is 0 Å². The third-order valence-electron chi connectivity index (χ3n) is 4.05. The van der Waals surface area contributed by atoms with Crippen LogP contribution in [0.15, 0.2) is 18.2 Å². The van der Waals surface area contributed by atoms with Crippen molar-refractivity contribution >= 4 is 11.6 Å². The number of piperidine rings is 1. The van der Waals surface area contributed by atoms with Crippen molar-refractivity contribution in [2.45, 2.75) is 44.1 Å².